The molecule has 1 rings (SSSR count). The van der Waals surface area contributed by atoms with Gasteiger partial charge in [0.1, 0.15) is 11.4 Å². The van der Waals surface area contributed by atoms with Crippen molar-refractivity contribution in [3.8, 4) is 0 Å². The minimum atomic E-state index is 0.176. The third kappa shape index (κ3) is 1.97. The van der Waals surface area contributed by atoms with Crippen molar-refractivity contribution in [2.45, 2.75) is 6.42 Å². The van der Waals surface area contributed by atoms with Crippen molar-refractivity contribution in [2.24, 2.45) is 9.98 Å². The molecule has 1 aliphatic rings. The third-order valence-electron chi connectivity index (χ3n) is 1.46. The van der Waals surface area contributed by atoms with E-state index in [9.17, 15) is 9.59 Å². The zero-order valence-corrected chi connectivity index (χ0v) is 6.70. The maximum atomic E-state index is 10.0. The highest BCUT2D eigenvalue weighted by Gasteiger charge is 2.11. The van der Waals surface area contributed by atoms with Crippen LogP contribution in [-0.2, 0) is 9.59 Å². The van der Waals surface area contributed by atoms with Gasteiger partial charge in [0.25, 0.3) is 0 Å². The summed E-state index contributed by atoms with van der Waals surface area (Å²) in [5, 5.41) is 0. The Bertz CT molecular complexity index is 392. The predicted molar refractivity (Wildman–Crippen MR) is 44.8 cm³/mol. The second kappa shape index (κ2) is 4.12. The van der Waals surface area contributed by atoms with Crippen LogP contribution in [0.15, 0.2) is 39.6 Å². The molecular weight excluding hydrogens is 168 g/mol. The fourth-order valence-corrected chi connectivity index (χ4v) is 0.912. The Kier molecular flexibility index (Phi) is 2.87. The van der Waals surface area contributed by atoms with Crippen LogP contribution in [0.2, 0.25) is 0 Å². The lowest BCUT2D eigenvalue weighted by Gasteiger charge is -2.07. The van der Waals surface area contributed by atoms with E-state index >= 15 is 0 Å². The summed E-state index contributed by atoms with van der Waals surface area (Å²) in [7, 11) is 0. The van der Waals surface area contributed by atoms with Crippen molar-refractivity contribution >= 4 is 12.2 Å². The maximum absolute atomic E-state index is 10.0. The van der Waals surface area contributed by atoms with Gasteiger partial charge in [-0.15, -0.1) is 0 Å². The van der Waals surface area contributed by atoms with Gasteiger partial charge in [-0.05, 0) is 12.0 Å². The molecule has 0 saturated heterocycles. The molecule has 0 unspecified atom stereocenters. The van der Waals surface area contributed by atoms with Crippen molar-refractivity contribution in [1.29, 1.82) is 0 Å². The number of hydrogen-bond acceptors (Lipinski definition) is 4. The average molecular weight is 173 g/mol. The Hall–Kier alpha value is -2.02. The number of hydrogen-bond donors (Lipinski definition) is 0. The van der Waals surface area contributed by atoms with Crippen molar-refractivity contribution < 1.29 is 9.59 Å². The fourth-order valence-electron chi connectivity index (χ4n) is 0.912. The van der Waals surface area contributed by atoms with Crippen LogP contribution < -0.4 is 0 Å². The van der Waals surface area contributed by atoms with Gasteiger partial charge in [-0.3, -0.25) is 0 Å². The summed E-state index contributed by atoms with van der Waals surface area (Å²) in [4.78, 5) is 26.7. The lowest BCUT2D eigenvalue weighted by Crippen LogP contribution is -1.94. The Labute approximate surface area is 74.7 Å². The van der Waals surface area contributed by atoms with Crippen LogP contribution in [0.25, 0.3) is 0 Å². The van der Waals surface area contributed by atoms with E-state index in [-0.39, 0.29) is 11.4 Å². The van der Waals surface area contributed by atoms with Crippen LogP contribution >= 0.6 is 0 Å². The van der Waals surface area contributed by atoms with Gasteiger partial charge in [0, 0.05) is 6.08 Å². The average Bonchev–Trinajstić information content (AvgIpc) is 2.11. The first-order valence-corrected chi connectivity index (χ1v) is 3.46. The van der Waals surface area contributed by atoms with Gasteiger partial charge in [0.15, 0.2) is 0 Å². The molecule has 0 N–H and O–H groups in total. The van der Waals surface area contributed by atoms with Crippen LogP contribution in [0.5, 0.6) is 0 Å². The summed E-state index contributed by atoms with van der Waals surface area (Å²) >= 11 is 0. The molecule has 0 heterocycles. The van der Waals surface area contributed by atoms with Crippen LogP contribution in [-0.4, -0.2) is 12.2 Å². The van der Waals surface area contributed by atoms with Gasteiger partial charge in [-0.2, -0.15) is 9.98 Å². The van der Waals surface area contributed by atoms with E-state index in [1.807, 2.05) is 0 Å². The van der Waals surface area contributed by atoms with E-state index in [1.165, 1.54) is 12.2 Å². The van der Waals surface area contributed by atoms with Gasteiger partial charge in [-0.25, -0.2) is 9.59 Å². The minimum absolute atomic E-state index is 0.176. The summed E-state index contributed by atoms with van der Waals surface area (Å²) in [6, 6.07) is 0. The van der Waals surface area contributed by atoms with Gasteiger partial charge in [-0.1, -0.05) is 12.7 Å². The topological polar surface area (TPSA) is 58.9 Å². The van der Waals surface area contributed by atoms with E-state index in [1.54, 1.807) is 6.08 Å². The molecule has 0 bridgehead atoms. The van der Waals surface area contributed by atoms with Crippen molar-refractivity contribution in [1.82, 2.24) is 0 Å². The van der Waals surface area contributed by atoms with Crippen molar-refractivity contribution in [3.05, 3.63) is 35.7 Å². The smallest absolute Gasteiger partial charge is 0.211 e. The zero-order valence-electron chi connectivity index (χ0n) is 6.70. The fraction of sp³-hybridized carbons (Fsp3) is 0.111. The molecule has 0 fully saturated rings. The summed E-state index contributed by atoms with van der Waals surface area (Å²) in [5.41, 5.74) is 1.03. The molecule has 0 aromatic rings. The minimum Gasteiger partial charge on any atom is -0.211 e. The predicted octanol–water partition coefficient (Wildman–Crippen LogP) is 1.19. The Morgan fingerprint density at radius 2 is 2.08 bits per heavy atom. The number of rotatable bonds is 2. The number of isocyanates is 2. The van der Waals surface area contributed by atoms with Crippen LogP contribution in [0, 0.1) is 6.08 Å². The second-order valence-corrected chi connectivity index (χ2v) is 2.26. The summed E-state index contributed by atoms with van der Waals surface area (Å²) in [6.07, 6.45) is 7.59. The molecule has 1 radical (unpaired) electrons. The Morgan fingerprint density at radius 3 is 2.69 bits per heavy atom. The summed E-state index contributed by atoms with van der Waals surface area (Å²) in [6.45, 7) is 3.66. The summed E-state index contributed by atoms with van der Waals surface area (Å²) < 4.78 is 0. The Morgan fingerprint density at radius 1 is 1.38 bits per heavy atom. The Balaban J connectivity index is 3.26. The molecular formula is C9H5N2O2. The zero-order chi connectivity index (χ0) is 9.68. The quantitative estimate of drug-likeness (QED) is 0.465. The number of allylic oxidation sites excluding steroid dienone is 3. The van der Waals surface area contributed by atoms with Gasteiger partial charge in [0.05, 0.1) is 0 Å². The molecule has 0 aromatic carbocycles. The van der Waals surface area contributed by atoms with E-state index in [0.29, 0.717) is 12.0 Å². The first kappa shape index (κ1) is 9.07. The number of aliphatic imine (C=N–C) groups is 2. The monoisotopic (exact) mass is 173 g/mol. The van der Waals surface area contributed by atoms with Crippen LogP contribution in [0.1, 0.15) is 6.42 Å². The molecule has 0 amide bonds. The largest absolute Gasteiger partial charge is 0.240 e. The molecule has 4 heteroatoms. The van der Waals surface area contributed by atoms with E-state index in [4.69, 9.17) is 0 Å². The molecule has 0 atom stereocenters. The van der Waals surface area contributed by atoms with Gasteiger partial charge in [0.2, 0.25) is 12.2 Å². The molecule has 0 aromatic heterocycles. The molecule has 1 aliphatic carbocycles. The highest BCUT2D eigenvalue weighted by Crippen LogP contribution is 2.23. The molecule has 0 spiro atoms. The molecule has 0 aliphatic heterocycles. The van der Waals surface area contributed by atoms with Gasteiger partial charge < -0.3 is 0 Å². The van der Waals surface area contributed by atoms with Gasteiger partial charge >= 0.3 is 0 Å². The third-order valence-corrected chi connectivity index (χ3v) is 1.46. The van der Waals surface area contributed by atoms with Crippen molar-refractivity contribution in [2.75, 3.05) is 0 Å². The molecule has 63 valence electrons. The SMILES string of the molecule is C=C1CC=[C]C(N=C=O)=C1N=C=O. The van der Waals surface area contributed by atoms with E-state index in [2.05, 4.69) is 22.6 Å². The standard InChI is InChI=1S/C9H5N2O2/c1-7-3-2-4-8(10-5-12)9(7)11-6-13/h2H,1,3H2. The molecule has 0 saturated carbocycles. The lowest BCUT2D eigenvalue weighted by atomic mass is 10.0. The van der Waals surface area contributed by atoms with Crippen LogP contribution in [0.4, 0.5) is 0 Å². The van der Waals surface area contributed by atoms with Crippen molar-refractivity contribution in [3.63, 3.8) is 0 Å². The number of carbonyl (C=O) groups excluding carboxylic acids is 2. The van der Waals surface area contributed by atoms with E-state index < -0.39 is 0 Å². The second-order valence-electron chi connectivity index (χ2n) is 2.26. The first-order chi connectivity index (χ1) is 6.29. The highest BCUT2D eigenvalue weighted by atomic mass is 16.1. The lowest BCUT2D eigenvalue weighted by molar-refractivity contribution is 0.563. The van der Waals surface area contributed by atoms with E-state index in [0.717, 1.165) is 0 Å². The maximum Gasteiger partial charge on any atom is 0.240 e. The molecule has 4 nitrogen and oxygen atoms in total. The molecule has 13 heavy (non-hydrogen) atoms. The van der Waals surface area contributed by atoms with Crippen LogP contribution in [0.3, 0.4) is 0 Å². The first-order valence-electron chi connectivity index (χ1n) is 3.46. The number of nitrogens with zero attached hydrogens (tertiary/aromatic N) is 2. The summed E-state index contributed by atoms with van der Waals surface area (Å²) in [5.74, 6) is 0. The normalized spacial score (nSPS) is 14.9. The highest BCUT2D eigenvalue weighted by molar-refractivity contribution is 5.50.